The second-order valence-corrected chi connectivity index (χ2v) is 4.74. The Morgan fingerprint density at radius 3 is 2.11 bits per heavy atom. The van der Waals surface area contributed by atoms with Gasteiger partial charge in [-0.3, -0.25) is 0 Å². The van der Waals surface area contributed by atoms with Crippen molar-refractivity contribution in [1.82, 2.24) is 0 Å². The molecule has 0 aromatic rings. The van der Waals surface area contributed by atoms with Gasteiger partial charge in [-0.15, -0.1) is 11.8 Å². The fraction of sp³-hybridized carbons (Fsp3) is 0.667. The van der Waals surface area contributed by atoms with Gasteiger partial charge in [-0.2, -0.15) is 0 Å². The Hall–Kier alpha value is -0.960. The highest BCUT2D eigenvalue weighted by Crippen LogP contribution is 2.06. The number of hydrogen-bond donors (Lipinski definition) is 0. The van der Waals surface area contributed by atoms with Crippen LogP contribution >= 0.6 is 0 Å². The van der Waals surface area contributed by atoms with Crippen LogP contribution in [0.15, 0.2) is 18.2 Å². The van der Waals surface area contributed by atoms with Crippen molar-refractivity contribution in [2.24, 2.45) is 0 Å². The van der Waals surface area contributed by atoms with Gasteiger partial charge in [0, 0.05) is 12.8 Å². The van der Waals surface area contributed by atoms with Crippen molar-refractivity contribution in [2.75, 3.05) is 0 Å². The van der Waals surface area contributed by atoms with Gasteiger partial charge in [-0.1, -0.05) is 63.8 Å². The summed E-state index contributed by atoms with van der Waals surface area (Å²) in [5.41, 5.74) is 0. The molecule has 0 fully saturated rings. The van der Waals surface area contributed by atoms with Gasteiger partial charge < -0.3 is 0 Å². The predicted octanol–water partition coefficient (Wildman–Crippen LogP) is 5.85. The van der Waals surface area contributed by atoms with Crippen molar-refractivity contribution in [1.29, 1.82) is 0 Å². The summed E-state index contributed by atoms with van der Waals surface area (Å²) in [4.78, 5) is 0. The van der Waals surface area contributed by atoms with E-state index in [1.807, 2.05) is 6.08 Å². The lowest BCUT2D eigenvalue weighted by atomic mass is 10.1. The van der Waals surface area contributed by atoms with Gasteiger partial charge in [0.05, 0.1) is 0 Å². The van der Waals surface area contributed by atoms with Crippen molar-refractivity contribution in [3.05, 3.63) is 24.8 Å². The molecule has 1 radical (unpaired) electrons. The normalized spacial score (nSPS) is 10.3. The lowest BCUT2D eigenvalue weighted by molar-refractivity contribution is 0.613. The Balaban J connectivity index is 3.14. The summed E-state index contributed by atoms with van der Waals surface area (Å²) in [7, 11) is 0. The van der Waals surface area contributed by atoms with Gasteiger partial charge in [0.15, 0.2) is 0 Å². The van der Waals surface area contributed by atoms with Gasteiger partial charge in [-0.25, -0.2) is 0 Å². The quantitative estimate of drug-likeness (QED) is 0.243. The van der Waals surface area contributed by atoms with Gasteiger partial charge >= 0.3 is 0 Å². The minimum absolute atomic E-state index is 1.05. The number of hydrogen-bond acceptors (Lipinski definition) is 0. The third-order valence-corrected chi connectivity index (χ3v) is 2.95. The molecule has 0 aromatic heterocycles. The van der Waals surface area contributed by atoms with Crippen molar-refractivity contribution in [2.45, 2.75) is 77.6 Å². The molecule has 0 N–H and O–H groups in total. The van der Waals surface area contributed by atoms with E-state index in [9.17, 15) is 0 Å². The molecule has 0 heterocycles. The molecule has 0 bridgehead atoms. The van der Waals surface area contributed by atoms with Gasteiger partial charge in [0.25, 0.3) is 0 Å². The molecule has 0 rings (SSSR count). The zero-order valence-electron chi connectivity index (χ0n) is 12.1. The SMILES string of the molecule is [CH]=CC=CCCCCC#CCCCCCCCC. The van der Waals surface area contributed by atoms with E-state index in [-0.39, 0.29) is 0 Å². The number of allylic oxidation sites excluding steroid dienone is 3. The molecule has 101 valence electrons. The summed E-state index contributed by atoms with van der Waals surface area (Å²) in [5.74, 6) is 6.56. The van der Waals surface area contributed by atoms with E-state index < -0.39 is 0 Å². The van der Waals surface area contributed by atoms with E-state index in [1.54, 1.807) is 6.08 Å². The lowest BCUT2D eigenvalue weighted by Gasteiger charge is -1.96. The first-order valence-electron chi connectivity index (χ1n) is 7.57. The average Bonchev–Trinajstić information content (AvgIpc) is 2.39. The Labute approximate surface area is 115 Å². The minimum Gasteiger partial charge on any atom is -0.103 e. The fourth-order valence-electron chi connectivity index (χ4n) is 1.82. The Bertz CT molecular complexity index is 249. The third kappa shape index (κ3) is 15.0. The van der Waals surface area contributed by atoms with E-state index >= 15 is 0 Å². The van der Waals surface area contributed by atoms with Crippen LogP contribution in [0.4, 0.5) is 0 Å². The molecule has 0 saturated carbocycles. The van der Waals surface area contributed by atoms with E-state index in [0.29, 0.717) is 0 Å². The molecule has 0 spiro atoms. The van der Waals surface area contributed by atoms with Gasteiger partial charge in [0.2, 0.25) is 0 Å². The molecule has 0 atom stereocenters. The highest BCUT2D eigenvalue weighted by atomic mass is 13.9. The van der Waals surface area contributed by atoms with Crippen LogP contribution in [0, 0.1) is 18.4 Å². The minimum atomic E-state index is 1.05. The Morgan fingerprint density at radius 1 is 0.833 bits per heavy atom. The van der Waals surface area contributed by atoms with E-state index in [0.717, 1.165) is 19.3 Å². The van der Waals surface area contributed by atoms with Crippen LogP contribution in [0.2, 0.25) is 0 Å². The summed E-state index contributed by atoms with van der Waals surface area (Å²) >= 11 is 0. The summed E-state index contributed by atoms with van der Waals surface area (Å²) in [6.07, 6.45) is 19.4. The maximum atomic E-state index is 5.24. The van der Waals surface area contributed by atoms with E-state index in [4.69, 9.17) is 6.58 Å². The standard InChI is InChI=1S/C18H29/c1-3-5-7-9-11-13-15-17-18-16-14-12-10-8-6-4-2/h1,3,5,7H,4,6,8-16H2,2H3. The number of unbranched alkanes of at least 4 members (excludes halogenated alkanes) is 9. The molecule has 18 heavy (non-hydrogen) atoms. The van der Waals surface area contributed by atoms with Crippen molar-refractivity contribution in [3.63, 3.8) is 0 Å². The molecular formula is C18H29. The Kier molecular flexibility index (Phi) is 15.2. The first-order chi connectivity index (χ1) is 8.91. The average molecular weight is 245 g/mol. The molecule has 0 aliphatic rings. The van der Waals surface area contributed by atoms with Crippen molar-refractivity contribution >= 4 is 0 Å². The first kappa shape index (κ1) is 17.0. The predicted molar refractivity (Wildman–Crippen MR) is 82.2 cm³/mol. The molecule has 0 heteroatoms. The van der Waals surface area contributed by atoms with Crippen molar-refractivity contribution in [3.8, 4) is 11.8 Å². The summed E-state index contributed by atoms with van der Waals surface area (Å²) in [6.45, 7) is 7.50. The second kappa shape index (κ2) is 16.0. The highest BCUT2D eigenvalue weighted by molar-refractivity contribution is 4.99. The highest BCUT2D eigenvalue weighted by Gasteiger charge is 1.88. The Morgan fingerprint density at radius 2 is 1.44 bits per heavy atom. The molecule has 0 aliphatic carbocycles. The molecule has 0 amide bonds. The molecule has 0 aliphatic heterocycles. The maximum absolute atomic E-state index is 5.24. The van der Waals surface area contributed by atoms with Crippen LogP contribution in [0.1, 0.15) is 77.6 Å². The van der Waals surface area contributed by atoms with Crippen LogP contribution in [-0.4, -0.2) is 0 Å². The van der Waals surface area contributed by atoms with Crippen LogP contribution in [-0.2, 0) is 0 Å². The first-order valence-corrected chi connectivity index (χ1v) is 7.57. The topological polar surface area (TPSA) is 0 Å². The largest absolute Gasteiger partial charge is 0.103 e. The van der Waals surface area contributed by atoms with Gasteiger partial charge in [-0.05, 0) is 25.7 Å². The smallest absolute Gasteiger partial charge is 0.00887 e. The van der Waals surface area contributed by atoms with Crippen LogP contribution < -0.4 is 0 Å². The number of rotatable bonds is 11. The molecule has 0 unspecified atom stereocenters. The summed E-state index contributed by atoms with van der Waals surface area (Å²) in [6, 6.07) is 0. The van der Waals surface area contributed by atoms with Gasteiger partial charge in [0.1, 0.15) is 0 Å². The van der Waals surface area contributed by atoms with Crippen molar-refractivity contribution < 1.29 is 0 Å². The molecule has 0 nitrogen and oxygen atoms in total. The second-order valence-electron chi connectivity index (χ2n) is 4.74. The maximum Gasteiger partial charge on any atom is 0.00887 e. The molecular weight excluding hydrogens is 216 g/mol. The third-order valence-electron chi connectivity index (χ3n) is 2.95. The summed E-state index contributed by atoms with van der Waals surface area (Å²) < 4.78 is 0. The monoisotopic (exact) mass is 245 g/mol. The molecule has 0 aromatic carbocycles. The van der Waals surface area contributed by atoms with Crippen LogP contribution in [0.5, 0.6) is 0 Å². The fourth-order valence-corrected chi connectivity index (χ4v) is 1.82. The zero-order valence-corrected chi connectivity index (χ0v) is 12.1. The summed E-state index contributed by atoms with van der Waals surface area (Å²) in [5, 5.41) is 0. The van der Waals surface area contributed by atoms with Crippen LogP contribution in [0.3, 0.4) is 0 Å². The lowest BCUT2D eigenvalue weighted by Crippen LogP contribution is -1.78. The van der Waals surface area contributed by atoms with E-state index in [2.05, 4.69) is 24.8 Å². The van der Waals surface area contributed by atoms with Crippen LogP contribution in [0.25, 0.3) is 0 Å². The van der Waals surface area contributed by atoms with E-state index in [1.165, 1.54) is 51.4 Å². The zero-order chi connectivity index (χ0) is 13.3. The molecule has 0 saturated heterocycles.